The summed E-state index contributed by atoms with van der Waals surface area (Å²) in [5.41, 5.74) is 1.75. The molecule has 2 atom stereocenters. The molecule has 2 saturated carbocycles. The monoisotopic (exact) mass is 498 g/mol. The maximum absolute atomic E-state index is 12.9. The van der Waals surface area contributed by atoms with Gasteiger partial charge in [0.05, 0.1) is 0 Å². The number of esters is 1. The molecule has 0 aromatic rings. The molecule has 0 aromatic heterocycles. The summed E-state index contributed by atoms with van der Waals surface area (Å²) in [5, 5.41) is 0. The Hall–Kier alpha value is 0.00870. The van der Waals surface area contributed by atoms with E-state index >= 15 is 0 Å². The molecule has 0 spiro atoms. The molecule has 28 heavy (non-hydrogen) atoms. The number of hydrogen-bond donors (Lipinski definition) is 0. The van der Waals surface area contributed by atoms with E-state index in [1.165, 1.54) is 64.7 Å². The first-order valence-corrected chi connectivity index (χ1v) is 20.0. The molecule has 2 bridgehead atoms. The van der Waals surface area contributed by atoms with Gasteiger partial charge in [0, 0.05) is 0 Å². The zero-order chi connectivity index (χ0) is 20.7. The maximum atomic E-state index is 12.9. The Balaban J connectivity index is 2.38. The Morgan fingerprint density at radius 2 is 1.57 bits per heavy atom. The van der Waals surface area contributed by atoms with Crippen LogP contribution in [0.5, 0.6) is 0 Å². The van der Waals surface area contributed by atoms with Gasteiger partial charge in [-0.2, -0.15) is 0 Å². The van der Waals surface area contributed by atoms with Crippen molar-refractivity contribution in [3.05, 3.63) is 9.67 Å². The number of carbonyl (C=O) groups excluding carboxylic acids is 1. The van der Waals surface area contributed by atoms with Gasteiger partial charge in [0.2, 0.25) is 0 Å². The summed E-state index contributed by atoms with van der Waals surface area (Å²) >= 11 is -2.34. The van der Waals surface area contributed by atoms with Gasteiger partial charge in [-0.15, -0.1) is 0 Å². The number of rotatable bonds is 12. The van der Waals surface area contributed by atoms with E-state index < -0.39 is 18.4 Å². The van der Waals surface area contributed by atoms with Crippen LogP contribution >= 0.6 is 0 Å². The first-order chi connectivity index (χ1) is 13.4. The van der Waals surface area contributed by atoms with E-state index in [1.54, 1.807) is 5.57 Å². The molecule has 0 aromatic carbocycles. The summed E-state index contributed by atoms with van der Waals surface area (Å²) in [6.45, 7) is 12.0. The third kappa shape index (κ3) is 5.58. The number of ether oxygens (including phenoxy) is 1. The van der Waals surface area contributed by atoms with E-state index in [1.807, 2.05) is 6.92 Å². The summed E-state index contributed by atoms with van der Waals surface area (Å²) in [6, 6.07) is 0. The second kappa shape index (κ2) is 10.9. The second-order valence-corrected chi connectivity index (χ2v) is 23.0. The molecular weight excluding hydrogens is 451 g/mol. The molecule has 2 aliphatic carbocycles. The minimum atomic E-state index is -2.34. The molecule has 0 radical (unpaired) electrons. The van der Waals surface area contributed by atoms with E-state index in [2.05, 4.69) is 31.8 Å². The van der Waals surface area contributed by atoms with Crippen molar-refractivity contribution in [1.82, 2.24) is 0 Å². The molecular formula is C25H46O2Sn. The predicted octanol–water partition coefficient (Wildman–Crippen LogP) is 7.83. The first kappa shape index (κ1) is 24.3. The van der Waals surface area contributed by atoms with Crippen molar-refractivity contribution < 1.29 is 9.53 Å². The standard InChI is InChI=1S/C13H19O2.3C4H9.Sn/c1-4-15-11(14)13-7-5-6-12(3,9-13)10(2)8-13;3*1-3-4-2;/h2H,4-9H2,1,3H3;3*1,3-4H2,2H3;/t12-,13+;;;;/m0..../s1. The van der Waals surface area contributed by atoms with Crippen LogP contribution in [0.1, 0.15) is 105 Å². The van der Waals surface area contributed by atoms with Crippen molar-refractivity contribution in [2.75, 3.05) is 6.61 Å². The van der Waals surface area contributed by atoms with Gasteiger partial charge in [0.1, 0.15) is 0 Å². The summed E-state index contributed by atoms with van der Waals surface area (Å²) in [5.74, 6) is 0.0980. The van der Waals surface area contributed by atoms with Crippen molar-refractivity contribution in [3.8, 4) is 0 Å². The summed E-state index contributed by atoms with van der Waals surface area (Å²) in [7, 11) is 0. The minimum absolute atomic E-state index is 0.0980. The fourth-order valence-corrected chi connectivity index (χ4v) is 21.9. The molecule has 162 valence electrons. The van der Waals surface area contributed by atoms with Gasteiger partial charge >= 0.3 is 180 Å². The summed E-state index contributed by atoms with van der Waals surface area (Å²) < 4.78 is 13.1. The fourth-order valence-electron chi connectivity index (χ4n) is 6.05. The third-order valence-electron chi connectivity index (χ3n) is 7.69. The Labute approximate surface area is 179 Å². The zero-order valence-corrected chi connectivity index (χ0v) is 22.4. The normalized spacial score (nSPS) is 28.7. The molecule has 2 rings (SSSR count). The predicted molar refractivity (Wildman–Crippen MR) is 123 cm³/mol. The van der Waals surface area contributed by atoms with Gasteiger partial charge in [0.15, 0.2) is 0 Å². The number of carbonyl (C=O) groups is 1. The van der Waals surface area contributed by atoms with Gasteiger partial charge in [-0.05, 0) is 0 Å². The Kier molecular flexibility index (Phi) is 9.42. The Morgan fingerprint density at radius 3 is 2.07 bits per heavy atom. The molecule has 0 unspecified atom stereocenters. The third-order valence-corrected chi connectivity index (χ3v) is 22.0. The second-order valence-electron chi connectivity index (χ2n) is 10.1. The van der Waals surface area contributed by atoms with Crippen LogP contribution in [-0.4, -0.2) is 31.0 Å². The molecule has 0 heterocycles. The first-order valence-electron chi connectivity index (χ1n) is 12.3. The fraction of sp³-hybridized carbons (Fsp3) is 0.880. The van der Waals surface area contributed by atoms with Crippen molar-refractivity contribution in [3.63, 3.8) is 0 Å². The van der Waals surface area contributed by atoms with E-state index in [0.29, 0.717) is 6.61 Å². The molecule has 0 saturated heterocycles. The topological polar surface area (TPSA) is 26.3 Å². The number of hydrogen-bond acceptors (Lipinski definition) is 2. The molecule has 2 aliphatic rings. The van der Waals surface area contributed by atoms with Crippen LogP contribution < -0.4 is 0 Å². The van der Waals surface area contributed by atoms with Gasteiger partial charge in [-0.1, -0.05) is 0 Å². The van der Waals surface area contributed by atoms with Crippen LogP contribution in [0.3, 0.4) is 0 Å². The van der Waals surface area contributed by atoms with E-state index in [-0.39, 0.29) is 16.8 Å². The Bertz CT molecular complexity index is 519. The van der Waals surface area contributed by atoms with Crippen LogP contribution in [-0.2, 0) is 9.53 Å². The number of unbranched alkanes of at least 4 members (excludes halogenated alkanes) is 3. The van der Waals surface area contributed by atoms with Crippen LogP contribution in [0.4, 0.5) is 0 Å². The van der Waals surface area contributed by atoms with Crippen LogP contribution in [0.25, 0.3) is 0 Å². The van der Waals surface area contributed by atoms with E-state index in [4.69, 9.17) is 4.74 Å². The average molecular weight is 497 g/mol. The molecule has 0 amide bonds. The molecule has 3 heteroatoms. The van der Waals surface area contributed by atoms with Crippen LogP contribution in [0.15, 0.2) is 9.67 Å². The van der Waals surface area contributed by atoms with Crippen molar-refractivity contribution in [2.24, 2.45) is 10.8 Å². The average Bonchev–Trinajstić information content (AvgIpc) is 2.88. The van der Waals surface area contributed by atoms with Crippen molar-refractivity contribution in [1.29, 1.82) is 0 Å². The SMILES string of the molecule is CCC[CH2][Sn](/[CH]=C1\C[C@]2(C(=O)OCC)CCC[C@@]1(C)C2)([CH2]CCC)[CH2]CCC. The number of fused-ring (bicyclic) bond motifs is 2. The molecule has 0 aliphatic heterocycles. The summed E-state index contributed by atoms with van der Waals surface area (Å²) in [6.07, 6.45) is 13.8. The van der Waals surface area contributed by atoms with Gasteiger partial charge in [-0.3, -0.25) is 0 Å². The van der Waals surface area contributed by atoms with Crippen molar-refractivity contribution >= 4 is 24.3 Å². The van der Waals surface area contributed by atoms with Gasteiger partial charge in [-0.25, -0.2) is 0 Å². The summed E-state index contributed by atoms with van der Waals surface area (Å²) in [4.78, 5) is 12.9. The molecule has 2 nitrogen and oxygen atoms in total. The van der Waals surface area contributed by atoms with Gasteiger partial charge in [0.25, 0.3) is 0 Å². The van der Waals surface area contributed by atoms with E-state index in [0.717, 1.165) is 19.3 Å². The van der Waals surface area contributed by atoms with Gasteiger partial charge < -0.3 is 0 Å². The molecule has 2 fully saturated rings. The quantitative estimate of drug-likeness (QED) is 0.203. The Morgan fingerprint density at radius 1 is 1.00 bits per heavy atom. The van der Waals surface area contributed by atoms with Crippen molar-refractivity contribution in [2.45, 2.75) is 119 Å². The number of allylic oxidation sites excluding steroid dienone is 1. The zero-order valence-electron chi connectivity index (χ0n) is 19.5. The molecule has 0 N–H and O–H groups in total. The van der Waals surface area contributed by atoms with Crippen LogP contribution in [0, 0.1) is 10.8 Å². The van der Waals surface area contributed by atoms with E-state index in [9.17, 15) is 4.79 Å². The van der Waals surface area contributed by atoms with Crippen LogP contribution in [0.2, 0.25) is 13.3 Å².